The predicted octanol–water partition coefficient (Wildman–Crippen LogP) is 2.60. The molecule has 1 heterocycles. The van der Waals surface area contributed by atoms with Gasteiger partial charge in [-0.15, -0.1) is 0 Å². The van der Waals surface area contributed by atoms with Gasteiger partial charge in [-0.2, -0.15) is 0 Å². The Morgan fingerprint density at radius 3 is 3.17 bits per heavy atom. The third-order valence-corrected chi connectivity index (χ3v) is 2.64. The van der Waals surface area contributed by atoms with Crippen molar-refractivity contribution in [1.29, 1.82) is 0 Å². The lowest BCUT2D eigenvalue weighted by Gasteiger charge is -2.03. The highest BCUT2D eigenvalue weighted by molar-refractivity contribution is 5.87. The first-order chi connectivity index (χ1) is 5.95. The van der Waals surface area contributed by atoms with Crippen LogP contribution in [0.3, 0.4) is 0 Å². The molecule has 0 saturated carbocycles. The van der Waals surface area contributed by atoms with Crippen LogP contribution in [-0.2, 0) is 0 Å². The van der Waals surface area contributed by atoms with E-state index in [1.807, 2.05) is 6.20 Å². The van der Waals surface area contributed by atoms with E-state index in [4.69, 9.17) is 0 Å². The Morgan fingerprint density at radius 2 is 2.17 bits per heavy atom. The van der Waals surface area contributed by atoms with Crippen molar-refractivity contribution in [2.45, 2.75) is 12.3 Å². The van der Waals surface area contributed by atoms with E-state index in [0.717, 1.165) is 6.42 Å². The van der Waals surface area contributed by atoms with Crippen molar-refractivity contribution >= 4 is 11.8 Å². The summed E-state index contributed by atoms with van der Waals surface area (Å²) in [4.78, 5) is 4.23. The number of hydrogen-bond donors (Lipinski definition) is 0. The first-order valence-corrected chi connectivity index (χ1v) is 4.27. The average Bonchev–Trinajstić information content (AvgIpc) is 2.41. The number of rotatable bonds is 0. The minimum absolute atomic E-state index is 0.557. The van der Waals surface area contributed by atoms with Gasteiger partial charge in [0.1, 0.15) is 0 Å². The van der Waals surface area contributed by atoms with E-state index in [1.54, 1.807) is 0 Å². The number of hydrogen-bond acceptors (Lipinski definition) is 1. The van der Waals surface area contributed by atoms with Crippen LogP contribution in [0.25, 0.3) is 5.57 Å². The van der Waals surface area contributed by atoms with Gasteiger partial charge in [0.2, 0.25) is 0 Å². The molecule has 1 aliphatic heterocycles. The molecule has 3 rings (SSSR count). The minimum Gasteiger partial charge on any atom is -0.268 e. The fourth-order valence-corrected chi connectivity index (χ4v) is 2.06. The van der Waals surface area contributed by atoms with Crippen LogP contribution in [0.4, 0.5) is 0 Å². The monoisotopic (exact) mass is 155 g/mol. The van der Waals surface area contributed by atoms with E-state index in [0.29, 0.717) is 5.92 Å². The molecule has 1 atom stereocenters. The van der Waals surface area contributed by atoms with Gasteiger partial charge in [-0.25, -0.2) is 0 Å². The molecule has 0 radical (unpaired) electrons. The lowest BCUT2D eigenvalue weighted by Crippen LogP contribution is -1.94. The molecule has 0 fully saturated rings. The second-order valence-electron chi connectivity index (χ2n) is 3.35. The number of benzene rings is 1. The third-order valence-electron chi connectivity index (χ3n) is 2.64. The number of fused-ring (bicyclic) bond motifs is 5. The van der Waals surface area contributed by atoms with Gasteiger partial charge in [-0.3, -0.25) is 4.99 Å². The Labute approximate surface area is 71.5 Å². The van der Waals surface area contributed by atoms with Crippen LogP contribution in [0, 0.1) is 0 Å². The van der Waals surface area contributed by atoms with Crippen LogP contribution in [0.15, 0.2) is 35.5 Å². The fraction of sp³-hybridized carbons (Fsp3) is 0.182. The molecule has 0 spiro atoms. The van der Waals surface area contributed by atoms with Gasteiger partial charge in [0.05, 0.1) is 0 Å². The number of nitrogens with zero attached hydrogens (tertiary/aromatic N) is 1. The zero-order valence-corrected chi connectivity index (χ0v) is 6.70. The van der Waals surface area contributed by atoms with E-state index in [9.17, 15) is 0 Å². The molecular weight excluding hydrogens is 146 g/mol. The van der Waals surface area contributed by atoms with Crippen LogP contribution < -0.4 is 0 Å². The van der Waals surface area contributed by atoms with Gasteiger partial charge >= 0.3 is 0 Å². The SMILES string of the molecule is C1=NC=C2CC1c1ccccc12. The van der Waals surface area contributed by atoms with E-state index in [2.05, 4.69) is 35.5 Å². The highest BCUT2D eigenvalue weighted by Gasteiger charge is 2.26. The maximum Gasteiger partial charge on any atom is 0.0302 e. The van der Waals surface area contributed by atoms with Crippen molar-refractivity contribution in [3.63, 3.8) is 0 Å². The van der Waals surface area contributed by atoms with Crippen LogP contribution in [0.1, 0.15) is 23.5 Å². The zero-order chi connectivity index (χ0) is 7.97. The number of allylic oxidation sites excluding steroid dienone is 1. The zero-order valence-electron chi connectivity index (χ0n) is 6.70. The minimum atomic E-state index is 0.557. The van der Waals surface area contributed by atoms with Crippen molar-refractivity contribution in [2.24, 2.45) is 4.99 Å². The molecule has 1 unspecified atom stereocenters. The van der Waals surface area contributed by atoms with E-state index in [-0.39, 0.29) is 0 Å². The Morgan fingerprint density at radius 1 is 1.25 bits per heavy atom. The Kier molecular flexibility index (Phi) is 1.06. The largest absolute Gasteiger partial charge is 0.268 e. The summed E-state index contributed by atoms with van der Waals surface area (Å²) in [6, 6.07) is 8.60. The van der Waals surface area contributed by atoms with Gasteiger partial charge in [0.15, 0.2) is 0 Å². The lowest BCUT2D eigenvalue weighted by atomic mass is 10.0. The molecule has 1 nitrogen and oxygen atoms in total. The molecule has 12 heavy (non-hydrogen) atoms. The summed E-state index contributed by atoms with van der Waals surface area (Å²) in [6.45, 7) is 0. The maximum absolute atomic E-state index is 4.23. The van der Waals surface area contributed by atoms with Crippen LogP contribution >= 0.6 is 0 Å². The molecule has 1 aliphatic carbocycles. The smallest absolute Gasteiger partial charge is 0.0302 e. The first kappa shape index (κ1) is 6.18. The summed E-state index contributed by atoms with van der Waals surface area (Å²) >= 11 is 0. The Balaban J connectivity index is 2.32. The second-order valence-corrected chi connectivity index (χ2v) is 3.35. The molecule has 0 aromatic heterocycles. The van der Waals surface area contributed by atoms with Gasteiger partial charge < -0.3 is 0 Å². The number of aliphatic imine (C=N–C) groups is 1. The van der Waals surface area contributed by atoms with Crippen LogP contribution in [-0.4, -0.2) is 6.21 Å². The first-order valence-electron chi connectivity index (χ1n) is 4.27. The lowest BCUT2D eigenvalue weighted by molar-refractivity contribution is 0.979. The summed E-state index contributed by atoms with van der Waals surface area (Å²) in [5, 5.41) is 0. The van der Waals surface area contributed by atoms with Crippen molar-refractivity contribution in [2.75, 3.05) is 0 Å². The molecular formula is C11H9N. The summed E-state index contributed by atoms with van der Waals surface area (Å²) < 4.78 is 0. The standard InChI is InChI=1S/C11H9N/c1-2-4-11-9-5-8(6-12-7-9)10(11)3-1/h1-4,6-8H,5H2. The maximum atomic E-state index is 4.23. The highest BCUT2D eigenvalue weighted by Crippen LogP contribution is 2.41. The average molecular weight is 155 g/mol. The van der Waals surface area contributed by atoms with Crippen molar-refractivity contribution in [1.82, 2.24) is 0 Å². The van der Waals surface area contributed by atoms with Crippen molar-refractivity contribution in [3.05, 3.63) is 41.6 Å². The van der Waals surface area contributed by atoms with E-state index in [1.165, 1.54) is 16.7 Å². The van der Waals surface area contributed by atoms with Gasteiger partial charge in [-0.05, 0) is 23.1 Å². The Bertz CT molecular complexity index is 388. The van der Waals surface area contributed by atoms with Crippen molar-refractivity contribution < 1.29 is 0 Å². The van der Waals surface area contributed by atoms with E-state index >= 15 is 0 Å². The molecule has 2 aliphatic rings. The summed E-state index contributed by atoms with van der Waals surface area (Å²) in [5.74, 6) is 0.557. The quantitative estimate of drug-likeness (QED) is 0.546. The summed E-state index contributed by atoms with van der Waals surface area (Å²) in [7, 11) is 0. The van der Waals surface area contributed by atoms with Crippen LogP contribution in [0.5, 0.6) is 0 Å². The molecule has 1 aromatic carbocycles. The molecule has 2 bridgehead atoms. The topological polar surface area (TPSA) is 12.4 Å². The van der Waals surface area contributed by atoms with Crippen molar-refractivity contribution in [3.8, 4) is 0 Å². The Hall–Kier alpha value is -1.37. The van der Waals surface area contributed by atoms with Gasteiger partial charge in [0, 0.05) is 18.3 Å². The fourth-order valence-electron chi connectivity index (χ4n) is 2.06. The van der Waals surface area contributed by atoms with Crippen LogP contribution in [0.2, 0.25) is 0 Å². The highest BCUT2D eigenvalue weighted by atomic mass is 14.7. The third kappa shape index (κ3) is 0.658. The summed E-state index contributed by atoms with van der Waals surface area (Å²) in [6.07, 6.45) is 5.19. The molecule has 1 heteroatoms. The molecule has 1 aromatic rings. The summed E-state index contributed by atoms with van der Waals surface area (Å²) in [5.41, 5.74) is 4.25. The van der Waals surface area contributed by atoms with E-state index < -0.39 is 0 Å². The molecule has 0 amide bonds. The predicted molar refractivity (Wildman–Crippen MR) is 50.3 cm³/mol. The normalized spacial score (nSPS) is 23.7. The molecule has 58 valence electrons. The second kappa shape index (κ2) is 2.07. The van der Waals surface area contributed by atoms with Gasteiger partial charge in [0.25, 0.3) is 0 Å². The molecule has 0 saturated heterocycles. The molecule has 0 N–H and O–H groups in total. The van der Waals surface area contributed by atoms with Gasteiger partial charge in [-0.1, -0.05) is 24.3 Å².